The first kappa shape index (κ1) is 29.7. The number of aryl methyl sites for hydroxylation is 2. The number of hydrogen-bond acceptors (Lipinski definition) is 6. The summed E-state index contributed by atoms with van der Waals surface area (Å²) < 4.78 is 37.0. The quantitative estimate of drug-likeness (QED) is 0.202. The third kappa shape index (κ3) is 6.97. The second kappa shape index (κ2) is 12.6. The number of fused-ring (bicyclic) bond motifs is 1. The Kier molecular flexibility index (Phi) is 8.91. The molecule has 0 radical (unpaired) electrons. The number of hydrogen-bond donors (Lipinski definition) is 1. The maximum Gasteiger partial charge on any atom is 0.304 e. The van der Waals surface area contributed by atoms with Crippen molar-refractivity contribution < 1.29 is 27.8 Å². The van der Waals surface area contributed by atoms with E-state index in [9.17, 15) is 18.3 Å². The lowest BCUT2D eigenvalue weighted by Crippen LogP contribution is -2.30. The van der Waals surface area contributed by atoms with Gasteiger partial charge in [0.2, 0.25) is 0 Å². The van der Waals surface area contributed by atoms with Crippen LogP contribution in [0.1, 0.15) is 53.7 Å². The van der Waals surface area contributed by atoms with Crippen LogP contribution in [0.5, 0.6) is 11.5 Å². The molecule has 0 unspecified atom stereocenters. The first-order valence-electron chi connectivity index (χ1n) is 14.0. The fourth-order valence-corrected chi connectivity index (χ4v) is 7.93. The molecule has 5 rings (SSSR count). The van der Waals surface area contributed by atoms with E-state index in [1.165, 1.54) is 20.5 Å². The third-order valence-corrected chi connectivity index (χ3v) is 10.4. The molecule has 0 aliphatic carbocycles. The summed E-state index contributed by atoms with van der Waals surface area (Å²) in [5.41, 5.74) is 5.37. The summed E-state index contributed by atoms with van der Waals surface area (Å²) in [6.45, 7) is 6.34. The topological polar surface area (TPSA) is 89.9 Å². The second-order valence-corrected chi connectivity index (χ2v) is 14.3. The van der Waals surface area contributed by atoms with Crippen molar-refractivity contribution in [1.29, 1.82) is 0 Å². The van der Waals surface area contributed by atoms with Gasteiger partial charge in [0, 0.05) is 20.5 Å². The van der Waals surface area contributed by atoms with Crippen LogP contribution in [0.4, 0.5) is 0 Å². The maximum absolute atomic E-state index is 11.8. The van der Waals surface area contributed by atoms with Gasteiger partial charge in [-0.05, 0) is 92.3 Å². The SMILES string of the molecule is CC#C[C@@H](CC(=O)O)c1ccc(OCc2ccc3sc(C)c(-c4ccc(OC5CCS(=O)(=O)CC5)cc4C)c3c2)cc1. The molecule has 3 aromatic carbocycles. The van der Waals surface area contributed by atoms with E-state index in [0.717, 1.165) is 28.0 Å². The highest BCUT2D eigenvalue weighted by Crippen LogP contribution is 2.41. The van der Waals surface area contributed by atoms with Gasteiger partial charge in [-0.15, -0.1) is 17.3 Å². The molecular formula is C34H34O6S2. The summed E-state index contributed by atoms with van der Waals surface area (Å²) in [5, 5.41) is 10.4. The molecule has 1 aromatic heterocycles. The van der Waals surface area contributed by atoms with Gasteiger partial charge in [0.15, 0.2) is 9.84 Å². The van der Waals surface area contributed by atoms with Crippen LogP contribution in [0.25, 0.3) is 21.2 Å². The van der Waals surface area contributed by atoms with E-state index < -0.39 is 15.8 Å². The van der Waals surface area contributed by atoms with Crippen LogP contribution < -0.4 is 9.47 Å². The second-order valence-electron chi connectivity index (χ2n) is 10.7. The largest absolute Gasteiger partial charge is 0.490 e. The van der Waals surface area contributed by atoms with Gasteiger partial charge in [0.1, 0.15) is 24.2 Å². The zero-order valence-corrected chi connectivity index (χ0v) is 25.6. The van der Waals surface area contributed by atoms with Crippen molar-refractivity contribution in [2.45, 2.75) is 58.7 Å². The molecule has 1 fully saturated rings. The number of carboxylic acid groups (broad SMARTS) is 1. The van der Waals surface area contributed by atoms with Crippen LogP contribution in [0.3, 0.4) is 0 Å². The van der Waals surface area contributed by atoms with E-state index in [0.29, 0.717) is 25.2 Å². The number of thiophene rings is 1. The normalized spacial score (nSPS) is 15.5. The summed E-state index contributed by atoms with van der Waals surface area (Å²) >= 11 is 1.77. The zero-order valence-electron chi connectivity index (χ0n) is 24.0. The predicted octanol–water partition coefficient (Wildman–Crippen LogP) is 7.30. The molecule has 42 heavy (non-hydrogen) atoms. The van der Waals surface area contributed by atoms with Crippen molar-refractivity contribution in [3.05, 3.63) is 82.2 Å². The van der Waals surface area contributed by atoms with Crippen LogP contribution >= 0.6 is 11.3 Å². The van der Waals surface area contributed by atoms with Gasteiger partial charge in [-0.2, -0.15) is 0 Å². The van der Waals surface area contributed by atoms with E-state index in [4.69, 9.17) is 9.47 Å². The van der Waals surface area contributed by atoms with Crippen LogP contribution in [0, 0.1) is 25.7 Å². The molecule has 1 aliphatic rings. The van der Waals surface area contributed by atoms with Crippen molar-refractivity contribution in [2.75, 3.05) is 11.5 Å². The Balaban J connectivity index is 1.31. The number of ether oxygens (including phenoxy) is 2. The Labute approximate surface area is 251 Å². The van der Waals surface area contributed by atoms with Crippen molar-refractivity contribution in [2.24, 2.45) is 0 Å². The molecule has 1 N–H and O–H groups in total. The van der Waals surface area contributed by atoms with E-state index in [1.807, 2.05) is 36.4 Å². The minimum Gasteiger partial charge on any atom is -0.490 e. The van der Waals surface area contributed by atoms with Gasteiger partial charge in [-0.3, -0.25) is 4.79 Å². The van der Waals surface area contributed by atoms with Crippen molar-refractivity contribution >= 4 is 37.2 Å². The monoisotopic (exact) mass is 602 g/mol. The third-order valence-electron chi connectivity index (χ3n) is 7.59. The van der Waals surface area contributed by atoms with E-state index >= 15 is 0 Å². The lowest BCUT2D eigenvalue weighted by Gasteiger charge is -2.23. The van der Waals surface area contributed by atoms with Crippen LogP contribution in [0.2, 0.25) is 0 Å². The summed E-state index contributed by atoms with van der Waals surface area (Å²) in [4.78, 5) is 12.4. The van der Waals surface area contributed by atoms with Gasteiger partial charge >= 0.3 is 5.97 Å². The highest BCUT2D eigenvalue weighted by Gasteiger charge is 2.25. The number of carbonyl (C=O) groups is 1. The van der Waals surface area contributed by atoms with E-state index in [1.54, 1.807) is 18.3 Å². The molecule has 6 nitrogen and oxygen atoms in total. The van der Waals surface area contributed by atoms with Crippen molar-refractivity contribution in [3.8, 4) is 34.5 Å². The fraction of sp³-hybridized carbons (Fsp3) is 0.324. The molecule has 8 heteroatoms. The minimum atomic E-state index is -2.92. The molecule has 4 aromatic rings. The minimum absolute atomic E-state index is 0.0361. The molecule has 0 spiro atoms. The molecule has 0 saturated carbocycles. The van der Waals surface area contributed by atoms with E-state index in [2.05, 4.69) is 50.0 Å². The van der Waals surface area contributed by atoms with Gasteiger partial charge in [-0.1, -0.05) is 30.2 Å². The van der Waals surface area contributed by atoms with Gasteiger partial charge in [0.25, 0.3) is 0 Å². The lowest BCUT2D eigenvalue weighted by atomic mass is 9.96. The number of aliphatic carboxylic acids is 1. The van der Waals surface area contributed by atoms with Crippen molar-refractivity contribution in [3.63, 3.8) is 0 Å². The molecule has 1 aliphatic heterocycles. The molecule has 0 amide bonds. The van der Waals surface area contributed by atoms with Crippen LogP contribution in [-0.2, 0) is 21.2 Å². The molecular weight excluding hydrogens is 569 g/mol. The molecule has 0 bridgehead atoms. The zero-order chi connectivity index (χ0) is 29.9. The number of sulfone groups is 1. The average Bonchev–Trinajstić information content (AvgIpc) is 3.28. The highest BCUT2D eigenvalue weighted by atomic mass is 32.2. The Morgan fingerprint density at radius 2 is 1.74 bits per heavy atom. The number of carboxylic acids is 1. The number of rotatable bonds is 9. The predicted molar refractivity (Wildman–Crippen MR) is 168 cm³/mol. The summed E-state index contributed by atoms with van der Waals surface area (Å²) in [7, 11) is -2.92. The van der Waals surface area contributed by atoms with Crippen LogP contribution in [-0.4, -0.2) is 37.1 Å². The van der Waals surface area contributed by atoms with Gasteiger partial charge in [-0.25, -0.2) is 8.42 Å². The Morgan fingerprint density at radius 1 is 1.02 bits per heavy atom. The smallest absolute Gasteiger partial charge is 0.304 e. The Bertz CT molecular complexity index is 1760. The maximum atomic E-state index is 11.8. The van der Waals surface area contributed by atoms with Gasteiger partial charge < -0.3 is 14.6 Å². The lowest BCUT2D eigenvalue weighted by molar-refractivity contribution is -0.137. The Morgan fingerprint density at radius 3 is 2.40 bits per heavy atom. The van der Waals surface area contributed by atoms with Crippen molar-refractivity contribution in [1.82, 2.24) is 0 Å². The first-order chi connectivity index (χ1) is 20.1. The molecule has 2 heterocycles. The Hall–Kier alpha value is -3.80. The van der Waals surface area contributed by atoms with Gasteiger partial charge in [0.05, 0.1) is 23.8 Å². The first-order valence-corrected chi connectivity index (χ1v) is 16.6. The highest BCUT2D eigenvalue weighted by molar-refractivity contribution is 7.91. The molecule has 218 valence electrons. The summed E-state index contributed by atoms with van der Waals surface area (Å²) in [5.74, 6) is 6.43. The standard InChI is InChI=1S/C34H34O6S2/c1-4-5-26(20-33(35)36)25-7-9-27(10-8-25)39-21-24-6-13-32-31(19-24)34(23(3)41-32)30-12-11-29(18-22(30)2)40-28-14-16-42(37,38)17-15-28/h6-13,18-19,26,28H,14-17,20-21H2,1-3H3,(H,35,36)/t26-/m0/s1. The molecule has 1 saturated heterocycles. The molecule has 1 atom stereocenters. The fourth-order valence-electron chi connectivity index (χ4n) is 5.42. The van der Waals surface area contributed by atoms with E-state index in [-0.39, 0.29) is 29.9 Å². The van der Waals surface area contributed by atoms with Crippen LogP contribution in [0.15, 0.2) is 60.7 Å². The average molecular weight is 603 g/mol. The summed E-state index contributed by atoms with van der Waals surface area (Å²) in [6.07, 6.45) is 0.958. The summed E-state index contributed by atoms with van der Waals surface area (Å²) in [6, 6.07) is 20.0. The number of benzene rings is 3.